The average molecular weight is 373 g/mol. The van der Waals surface area contributed by atoms with Gasteiger partial charge in [0.15, 0.2) is 12.4 Å². The summed E-state index contributed by atoms with van der Waals surface area (Å²) in [5.74, 6) is -0.867. The van der Waals surface area contributed by atoms with Crippen LogP contribution in [-0.2, 0) is 21.2 Å². The number of hydrogen-bond acceptors (Lipinski definition) is 5. The van der Waals surface area contributed by atoms with E-state index < -0.39 is 16.0 Å². The van der Waals surface area contributed by atoms with Crippen LogP contribution in [0.4, 0.5) is 5.69 Å². The van der Waals surface area contributed by atoms with Gasteiger partial charge in [0.05, 0.1) is 17.5 Å². The molecular weight excluding hydrogens is 354 g/mol. The maximum atomic E-state index is 12.3. The van der Waals surface area contributed by atoms with Crippen LogP contribution in [-0.4, -0.2) is 39.6 Å². The summed E-state index contributed by atoms with van der Waals surface area (Å²) >= 11 is 0. The van der Waals surface area contributed by atoms with Crippen molar-refractivity contribution in [3.05, 3.63) is 64.7 Å². The largest absolute Gasteiger partial charge is 0.454 e. The lowest BCUT2D eigenvalue weighted by Gasteiger charge is -2.16. The Kier molecular flexibility index (Phi) is 4.82. The first-order valence-corrected chi connectivity index (χ1v) is 9.99. The summed E-state index contributed by atoms with van der Waals surface area (Å²) in [6, 6.07) is 11.9. The Morgan fingerprint density at radius 1 is 1.15 bits per heavy atom. The average Bonchev–Trinajstić information content (AvgIpc) is 3.03. The number of fused-ring (bicyclic) bond motifs is 1. The van der Waals surface area contributed by atoms with Gasteiger partial charge in [-0.2, -0.15) is 0 Å². The minimum absolute atomic E-state index is 0.326. The topological polar surface area (TPSA) is 80.8 Å². The number of Topliss-reactive ketones (excluding diaryl/α,β-unsaturated/α-hetero) is 1. The molecule has 2 aromatic carbocycles. The second-order valence-electron chi connectivity index (χ2n) is 6.24. The first kappa shape index (κ1) is 18.1. The van der Waals surface area contributed by atoms with Crippen molar-refractivity contribution in [2.24, 2.45) is 0 Å². The normalized spacial score (nSPS) is 13.4. The number of aryl methyl sites for hydroxylation is 1. The molecule has 0 N–H and O–H groups in total. The van der Waals surface area contributed by atoms with E-state index in [1.165, 1.54) is 4.31 Å². The minimum Gasteiger partial charge on any atom is -0.454 e. The fourth-order valence-corrected chi connectivity index (χ4v) is 3.94. The number of ether oxygens (including phenoxy) is 1. The van der Waals surface area contributed by atoms with Crippen LogP contribution in [0.15, 0.2) is 42.5 Å². The summed E-state index contributed by atoms with van der Waals surface area (Å²) in [7, 11) is -3.33. The molecule has 136 valence electrons. The van der Waals surface area contributed by atoms with E-state index in [9.17, 15) is 18.0 Å². The standard InChI is InChI=1S/C19H19NO5S/c1-13-5-3-4-6-16(13)19(22)25-12-18(21)15-7-8-17-14(11-15)9-10-20(17)26(2,23)24/h3-8,11H,9-10,12H2,1-2H3. The van der Waals surface area contributed by atoms with Crippen molar-refractivity contribution in [2.45, 2.75) is 13.3 Å². The summed E-state index contributed by atoms with van der Waals surface area (Å²) in [6.07, 6.45) is 1.71. The maximum Gasteiger partial charge on any atom is 0.338 e. The van der Waals surface area contributed by atoms with E-state index in [0.717, 1.165) is 17.4 Å². The van der Waals surface area contributed by atoms with Gasteiger partial charge >= 0.3 is 5.97 Å². The molecule has 0 bridgehead atoms. The highest BCUT2D eigenvalue weighted by Gasteiger charge is 2.26. The third-order valence-electron chi connectivity index (χ3n) is 4.35. The summed E-state index contributed by atoms with van der Waals surface area (Å²) in [4.78, 5) is 24.4. The SMILES string of the molecule is Cc1ccccc1C(=O)OCC(=O)c1ccc2c(c1)CCN2S(C)(=O)=O. The lowest BCUT2D eigenvalue weighted by molar-refractivity contribution is 0.0474. The van der Waals surface area contributed by atoms with Crippen molar-refractivity contribution in [2.75, 3.05) is 23.7 Å². The molecule has 7 heteroatoms. The van der Waals surface area contributed by atoms with Gasteiger partial charge in [0.1, 0.15) is 0 Å². The molecule has 26 heavy (non-hydrogen) atoms. The van der Waals surface area contributed by atoms with Gasteiger partial charge in [-0.05, 0) is 48.7 Å². The van der Waals surface area contributed by atoms with Crippen molar-refractivity contribution in [1.29, 1.82) is 0 Å². The van der Waals surface area contributed by atoms with Crippen LogP contribution < -0.4 is 4.31 Å². The number of nitrogens with zero attached hydrogens (tertiary/aromatic N) is 1. The molecule has 0 unspecified atom stereocenters. The van der Waals surface area contributed by atoms with Crippen molar-refractivity contribution < 1.29 is 22.7 Å². The van der Waals surface area contributed by atoms with Gasteiger partial charge < -0.3 is 4.74 Å². The number of ketones is 1. The zero-order chi connectivity index (χ0) is 18.9. The monoisotopic (exact) mass is 373 g/mol. The molecule has 2 aromatic rings. The summed E-state index contributed by atoms with van der Waals surface area (Å²) in [5, 5.41) is 0. The van der Waals surface area contributed by atoms with Gasteiger partial charge in [0, 0.05) is 12.1 Å². The Hall–Kier alpha value is -2.67. The quantitative estimate of drug-likeness (QED) is 0.594. The Bertz CT molecular complexity index is 981. The molecule has 1 heterocycles. The number of carbonyl (C=O) groups excluding carboxylic acids is 2. The molecule has 0 aliphatic carbocycles. The van der Waals surface area contributed by atoms with E-state index in [4.69, 9.17) is 4.74 Å². The molecule has 0 spiro atoms. The van der Waals surface area contributed by atoms with Crippen LogP contribution in [0.25, 0.3) is 0 Å². The zero-order valence-electron chi connectivity index (χ0n) is 14.6. The van der Waals surface area contributed by atoms with E-state index >= 15 is 0 Å². The molecule has 0 saturated carbocycles. The third kappa shape index (κ3) is 3.62. The summed E-state index contributed by atoms with van der Waals surface area (Å²) in [6.45, 7) is 1.81. The van der Waals surface area contributed by atoms with E-state index in [1.54, 1.807) is 43.3 Å². The summed E-state index contributed by atoms with van der Waals surface area (Å²) in [5.41, 5.74) is 3.01. The second-order valence-corrected chi connectivity index (χ2v) is 8.15. The first-order valence-electron chi connectivity index (χ1n) is 8.14. The molecule has 6 nitrogen and oxygen atoms in total. The Labute approximate surface area is 152 Å². The highest BCUT2D eigenvalue weighted by atomic mass is 32.2. The van der Waals surface area contributed by atoms with E-state index in [2.05, 4.69) is 0 Å². The van der Waals surface area contributed by atoms with Gasteiger partial charge in [0.2, 0.25) is 10.0 Å². The Morgan fingerprint density at radius 3 is 2.58 bits per heavy atom. The third-order valence-corrected chi connectivity index (χ3v) is 5.53. The number of sulfonamides is 1. The lowest BCUT2D eigenvalue weighted by Crippen LogP contribution is -2.27. The van der Waals surface area contributed by atoms with Crippen molar-refractivity contribution in [3.63, 3.8) is 0 Å². The lowest BCUT2D eigenvalue weighted by atomic mass is 10.1. The van der Waals surface area contributed by atoms with Crippen LogP contribution in [0.2, 0.25) is 0 Å². The maximum absolute atomic E-state index is 12.3. The Balaban J connectivity index is 1.70. The fraction of sp³-hybridized carbons (Fsp3) is 0.263. The van der Waals surface area contributed by atoms with E-state index in [0.29, 0.717) is 29.8 Å². The molecule has 3 rings (SSSR count). The predicted molar refractivity (Wildman–Crippen MR) is 98.1 cm³/mol. The highest BCUT2D eigenvalue weighted by Crippen LogP contribution is 2.30. The number of hydrogen-bond donors (Lipinski definition) is 0. The number of esters is 1. The van der Waals surface area contributed by atoms with Crippen molar-refractivity contribution >= 4 is 27.5 Å². The Morgan fingerprint density at radius 2 is 1.88 bits per heavy atom. The molecule has 0 saturated heterocycles. The molecule has 1 aliphatic rings. The number of carbonyl (C=O) groups is 2. The van der Waals surface area contributed by atoms with Crippen LogP contribution in [0.1, 0.15) is 31.8 Å². The first-order chi connectivity index (χ1) is 12.3. The molecule has 1 aliphatic heterocycles. The second kappa shape index (κ2) is 6.92. The minimum atomic E-state index is -3.33. The van der Waals surface area contributed by atoms with Crippen LogP contribution in [0.3, 0.4) is 0 Å². The highest BCUT2D eigenvalue weighted by molar-refractivity contribution is 7.92. The molecule has 0 atom stereocenters. The zero-order valence-corrected chi connectivity index (χ0v) is 15.4. The van der Waals surface area contributed by atoms with Crippen molar-refractivity contribution in [1.82, 2.24) is 0 Å². The van der Waals surface area contributed by atoms with Crippen LogP contribution >= 0.6 is 0 Å². The smallest absolute Gasteiger partial charge is 0.338 e. The molecule has 0 amide bonds. The van der Waals surface area contributed by atoms with Crippen LogP contribution in [0, 0.1) is 6.92 Å². The molecule has 0 radical (unpaired) electrons. The van der Waals surface area contributed by atoms with Gasteiger partial charge in [0.25, 0.3) is 0 Å². The number of rotatable bonds is 5. The van der Waals surface area contributed by atoms with Crippen LogP contribution in [0.5, 0.6) is 0 Å². The fourth-order valence-electron chi connectivity index (χ4n) is 2.98. The van der Waals surface area contributed by atoms with E-state index in [-0.39, 0.29) is 12.4 Å². The molecule has 0 fully saturated rings. The number of benzene rings is 2. The predicted octanol–water partition coefficient (Wildman–Crippen LogP) is 2.36. The summed E-state index contributed by atoms with van der Waals surface area (Å²) < 4.78 is 30.0. The van der Waals surface area contributed by atoms with Gasteiger partial charge in [-0.3, -0.25) is 9.10 Å². The van der Waals surface area contributed by atoms with Gasteiger partial charge in [-0.25, -0.2) is 13.2 Å². The van der Waals surface area contributed by atoms with Crippen molar-refractivity contribution in [3.8, 4) is 0 Å². The van der Waals surface area contributed by atoms with E-state index in [1.807, 2.05) is 6.07 Å². The molecule has 0 aromatic heterocycles. The van der Waals surface area contributed by atoms with Gasteiger partial charge in [-0.15, -0.1) is 0 Å². The van der Waals surface area contributed by atoms with Gasteiger partial charge in [-0.1, -0.05) is 18.2 Å². The number of anilines is 1. The molecular formula is C19H19NO5S.